The average Bonchev–Trinajstić information content (AvgIpc) is 1.97. The van der Waals surface area contributed by atoms with Crippen LogP contribution in [-0.4, -0.2) is 19.0 Å². The normalized spacial score (nSPS) is 39.2. The summed E-state index contributed by atoms with van der Waals surface area (Å²) >= 11 is 0. The number of ether oxygens (including phenoxy) is 1. The van der Waals surface area contributed by atoms with Crippen LogP contribution in [0.3, 0.4) is 0 Å². The zero-order valence-corrected chi connectivity index (χ0v) is 7.46. The van der Waals surface area contributed by atoms with Gasteiger partial charge >= 0.3 is 0 Å². The molecule has 1 rings (SSSR count). The first kappa shape index (κ1) is 8.72. The van der Waals surface area contributed by atoms with Gasteiger partial charge in [-0.1, -0.05) is 13.8 Å². The van der Waals surface area contributed by atoms with Crippen molar-refractivity contribution in [2.24, 2.45) is 11.8 Å². The van der Waals surface area contributed by atoms with E-state index in [1.165, 1.54) is 0 Å². The highest BCUT2D eigenvalue weighted by atomic mass is 16.5. The lowest BCUT2D eigenvalue weighted by Crippen LogP contribution is -2.34. The third kappa shape index (κ3) is 1.80. The van der Waals surface area contributed by atoms with Crippen molar-refractivity contribution in [3.8, 4) is 0 Å². The molecule has 11 heavy (non-hydrogen) atoms. The van der Waals surface area contributed by atoms with Gasteiger partial charge in [-0.2, -0.15) is 0 Å². The fourth-order valence-corrected chi connectivity index (χ4v) is 1.69. The van der Waals surface area contributed by atoms with Crippen molar-refractivity contribution >= 4 is 5.78 Å². The first-order chi connectivity index (χ1) is 5.15. The van der Waals surface area contributed by atoms with Crippen molar-refractivity contribution < 1.29 is 9.53 Å². The number of rotatable bonds is 1. The van der Waals surface area contributed by atoms with E-state index in [0.29, 0.717) is 24.2 Å². The van der Waals surface area contributed by atoms with Gasteiger partial charge in [0.2, 0.25) is 0 Å². The molecule has 0 radical (unpaired) electrons. The standard InChI is InChI=1S/C9H16O2/c1-6-5-9(11-3)7(2)4-8(6)10/h6-7,9H,4-5H2,1-3H3. The summed E-state index contributed by atoms with van der Waals surface area (Å²) in [7, 11) is 1.73. The summed E-state index contributed by atoms with van der Waals surface area (Å²) < 4.78 is 5.27. The van der Waals surface area contributed by atoms with Gasteiger partial charge in [0.05, 0.1) is 6.10 Å². The number of hydrogen-bond donors (Lipinski definition) is 0. The summed E-state index contributed by atoms with van der Waals surface area (Å²) in [6.45, 7) is 4.07. The molecular formula is C9H16O2. The molecule has 1 aliphatic carbocycles. The van der Waals surface area contributed by atoms with E-state index in [1.807, 2.05) is 6.92 Å². The minimum Gasteiger partial charge on any atom is -0.381 e. The van der Waals surface area contributed by atoms with Crippen LogP contribution >= 0.6 is 0 Å². The van der Waals surface area contributed by atoms with E-state index in [4.69, 9.17) is 4.74 Å². The Balaban J connectivity index is 2.54. The molecule has 0 heterocycles. The number of carbonyl (C=O) groups excluding carboxylic acids is 1. The van der Waals surface area contributed by atoms with Crippen molar-refractivity contribution in [1.82, 2.24) is 0 Å². The molecule has 2 heteroatoms. The van der Waals surface area contributed by atoms with Crippen molar-refractivity contribution in [2.45, 2.75) is 32.8 Å². The number of hydrogen-bond acceptors (Lipinski definition) is 2. The number of Topliss-reactive ketones (excluding diaryl/α,β-unsaturated/α-hetero) is 1. The zero-order chi connectivity index (χ0) is 8.43. The van der Waals surface area contributed by atoms with Gasteiger partial charge in [0.15, 0.2) is 0 Å². The molecule has 0 amide bonds. The average molecular weight is 156 g/mol. The van der Waals surface area contributed by atoms with Gasteiger partial charge in [-0.05, 0) is 12.3 Å². The van der Waals surface area contributed by atoms with Crippen LogP contribution in [0.1, 0.15) is 26.7 Å². The first-order valence-electron chi connectivity index (χ1n) is 4.20. The van der Waals surface area contributed by atoms with E-state index in [0.717, 1.165) is 6.42 Å². The highest BCUT2D eigenvalue weighted by molar-refractivity contribution is 5.81. The minimum absolute atomic E-state index is 0.205. The Labute approximate surface area is 67.9 Å². The van der Waals surface area contributed by atoms with E-state index >= 15 is 0 Å². The molecule has 3 atom stereocenters. The maximum Gasteiger partial charge on any atom is 0.136 e. The number of carbonyl (C=O) groups is 1. The fourth-order valence-electron chi connectivity index (χ4n) is 1.69. The minimum atomic E-state index is 0.205. The summed E-state index contributed by atoms with van der Waals surface area (Å²) in [5.74, 6) is 1.01. The molecule has 0 aromatic heterocycles. The molecular weight excluding hydrogens is 140 g/mol. The van der Waals surface area contributed by atoms with Crippen molar-refractivity contribution in [3.05, 3.63) is 0 Å². The van der Waals surface area contributed by atoms with Crippen molar-refractivity contribution in [1.29, 1.82) is 0 Å². The Morgan fingerprint density at radius 2 is 2.09 bits per heavy atom. The van der Waals surface area contributed by atoms with Crippen LogP contribution in [0.2, 0.25) is 0 Å². The molecule has 0 saturated heterocycles. The number of ketones is 1. The Morgan fingerprint density at radius 3 is 2.64 bits per heavy atom. The molecule has 0 aromatic carbocycles. The van der Waals surface area contributed by atoms with E-state index in [2.05, 4.69) is 6.92 Å². The lowest BCUT2D eigenvalue weighted by Gasteiger charge is -2.30. The molecule has 0 spiro atoms. The molecule has 1 saturated carbocycles. The molecule has 0 aliphatic heterocycles. The van der Waals surface area contributed by atoms with Crippen LogP contribution in [0.4, 0.5) is 0 Å². The summed E-state index contributed by atoms with van der Waals surface area (Å²) in [5, 5.41) is 0. The second-order valence-corrected chi connectivity index (χ2v) is 3.56. The predicted molar refractivity (Wildman–Crippen MR) is 43.4 cm³/mol. The first-order valence-corrected chi connectivity index (χ1v) is 4.20. The van der Waals surface area contributed by atoms with Gasteiger partial charge in [0.1, 0.15) is 5.78 Å². The van der Waals surface area contributed by atoms with Gasteiger partial charge in [-0.25, -0.2) is 0 Å². The van der Waals surface area contributed by atoms with Crippen LogP contribution in [-0.2, 0) is 9.53 Å². The largest absolute Gasteiger partial charge is 0.381 e. The van der Waals surface area contributed by atoms with Crippen molar-refractivity contribution in [3.63, 3.8) is 0 Å². The summed E-state index contributed by atoms with van der Waals surface area (Å²) in [6, 6.07) is 0. The van der Waals surface area contributed by atoms with Crippen LogP contribution < -0.4 is 0 Å². The van der Waals surface area contributed by atoms with Crippen LogP contribution in [0.15, 0.2) is 0 Å². The Bertz CT molecular complexity index is 154. The highest BCUT2D eigenvalue weighted by Gasteiger charge is 2.30. The number of methoxy groups -OCH3 is 1. The summed E-state index contributed by atoms with van der Waals surface area (Å²) in [5.41, 5.74) is 0. The van der Waals surface area contributed by atoms with Gasteiger partial charge in [-0.3, -0.25) is 4.79 Å². The third-order valence-electron chi connectivity index (χ3n) is 2.60. The molecule has 3 unspecified atom stereocenters. The Kier molecular flexibility index (Phi) is 2.66. The summed E-state index contributed by atoms with van der Waals surface area (Å²) in [4.78, 5) is 11.2. The maximum atomic E-state index is 11.2. The zero-order valence-electron chi connectivity index (χ0n) is 7.46. The molecule has 1 aliphatic rings. The van der Waals surface area contributed by atoms with E-state index in [9.17, 15) is 4.79 Å². The lowest BCUT2D eigenvalue weighted by molar-refractivity contribution is -0.129. The maximum absolute atomic E-state index is 11.2. The molecule has 0 bridgehead atoms. The van der Waals surface area contributed by atoms with Crippen LogP contribution in [0, 0.1) is 11.8 Å². The fraction of sp³-hybridized carbons (Fsp3) is 0.889. The van der Waals surface area contributed by atoms with E-state index in [-0.39, 0.29) is 5.92 Å². The highest BCUT2D eigenvalue weighted by Crippen LogP contribution is 2.27. The van der Waals surface area contributed by atoms with Gasteiger partial charge < -0.3 is 4.74 Å². The predicted octanol–water partition coefficient (Wildman–Crippen LogP) is 1.64. The smallest absolute Gasteiger partial charge is 0.136 e. The molecule has 64 valence electrons. The van der Waals surface area contributed by atoms with Gasteiger partial charge in [-0.15, -0.1) is 0 Å². The Morgan fingerprint density at radius 1 is 1.45 bits per heavy atom. The summed E-state index contributed by atoms with van der Waals surface area (Å²) in [6.07, 6.45) is 1.89. The third-order valence-corrected chi connectivity index (χ3v) is 2.60. The van der Waals surface area contributed by atoms with Crippen LogP contribution in [0.5, 0.6) is 0 Å². The van der Waals surface area contributed by atoms with Gasteiger partial charge in [0, 0.05) is 19.4 Å². The molecule has 1 fully saturated rings. The molecule has 2 nitrogen and oxygen atoms in total. The second kappa shape index (κ2) is 3.35. The molecule has 0 aromatic rings. The van der Waals surface area contributed by atoms with Gasteiger partial charge in [0.25, 0.3) is 0 Å². The molecule has 0 N–H and O–H groups in total. The van der Waals surface area contributed by atoms with Crippen molar-refractivity contribution in [2.75, 3.05) is 7.11 Å². The lowest BCUT2D eigenvalue weighted by atomic mass is 9.81. The Hall–Kier alpha value is -0.370. The topological polar surface area (TPSA) is 26.3 Å². The van der Waals surface area contributed by atoms with E-state index < -0.39 is 0 Å². The monoisotopic (exact) mass is 156 g/mol. The van der Waals surface area contributed by atoms with E-state index in [1.54, 1.807) is 7.11 Å². The quantitative estimate of drug-likeness (QED) is 0.577. The second-order valence-electron chi connectivity index (χ2n) is 3.56. The van der Waals surface area contributed by atoms with Crippen LogP contribution in [0.25, 0.3) is 0 Å². The SMILES string of the molecule is COC1CC(C)C(=O)CC1C.